The summed E-state index contributed by atoms with van der Waals surface area (Å²) in [5.74, 6) is 0.965. The molecule has 0 bridgehead atoms. The van der Waals surface area contributed by atoms with Crippen LogP contribution in [0.5, 0.6) is 0 Å². The Labute approximate surface area is 86.2 Å². The molecule has 1 saturated carbocycles. The Morgan fingerprint density at radius 3 is 2.93 bits per heavy atom. The van der Waals surface area contributed by atoms with E-state index in [1.165, 1.54) is 19.3 Å². The van der Waals surface area contributed by atoms with Crippen LogP contribution in [-0.2, 0) is 9.47 Å². The Morgan fingerprint density at radius 1 is 1.36 bits per heavy atom. The third kappa shape index (κ3) is 2.94. The third-order valence-electron chi connectivity index (χ3n) is 3.23. The summed E-state index contributed by atoms with van der Waals surface area (Å²) in [6.07, 6.45) is 5.42. The van der Waals surface area contributed by atoms with E-state index in [4.69, 9.17) is 9.47 Å². The molecule has 82 valence electrons. The lowest BCUT2D eigenvalue weighted by Gasteiger charge is -2.31. The molecule has 1 N–H and O–H groups in total. The molecule has 3 nitrogen and oxygen atoms in total. The number of ether oxygens (including phenoxy) is 2. The lowest BCUT2D eigenvalue weighted by molar-refractivity contribution is -0.0686. The topological polar surface area (TPSA) is 30.5 Å². The van der Waals surface area contributed by atoms with E-state index in [0.717, 1.165) is 32.2 Å². The largest absolute Gasteiger partial charge is 0.379 e. The standard InChI is InChI=1S/C11H21NO2/c1-12-10-5-6-13-8-11(10)14-7-4-9-2-3-9/h9-12H,2-8H2,1H3. The lowest BCUT2D eigenvalue weighted by atomic mass is 10.1. The van der Waals surface area contributed by atoms with Crippen LogP contribution in [0.1, 0.15) is 25.7 Å². The van der Waals surface area contributed by atoms with Crippen LogP contribution in [0.25, 0.3) is 0 Å². The zero-order valence-corrected chi connectivity index (χ0v) is 9.00. The zero-order valence-electron chi connectivity index (χ0n) is 9.00. The third-order valence-corrected chi connectivity index (χ3v) is 3.23. The van der Waals surface area contributed by atoms with Gasteiger partial charge in [-0.05, 0) is 25.8 Å². The van der Waals surface area contributed by atoms with E-state index >= 15 is 0 Å². The van der Waals surface area contributed by atoms with Crippen molar-refractivity contribution in [3.05, 3.63) is 0 Å². The molecule has 1 saturated heterocycles. The molecule has 2 fully saturated rings. The number of likely N-dealkylation sites (N-methyl/N-ethyl adjacent to an activating group) is 1. The van der Waals surface area contributed by atoms with E-state index in [2.05, 4.69) is 5.32 Å². The fraction of sp³-hybridized carbons (Fsp3) is 1.00. The molecule has 0 radical (unpaired) electrons. The fourth-order valence-corrected chi connectivity index (χ4v) is 2.00. The molecule has 1 aliphatic heterocycles. The highest BCUT2D eigenvalue weighted by atomic mass is 16.5. The van der Waals surface area contributed by atoms with Crippen molar-refractivity contribution in [2.45, 2.75) is 37.8 Å². The zero-order chi connectivity index (χ0) is 9.80. The summed E-state index contributed by atoms with van der Waals surface area (Å²) in [6.45, 7) is 2.54. The van der Waals surface area contributed by atoms with Crippen LogP contribution in [0.4, 0.5) is 0 Å². The first kappa shape index (κ1) is 10.4. The van der Waals surface area contributed by atoms with Crippen molar-refractivity contribution in [2.75, 3.05) is 26.9 Å². The Bertz CT molecular complexity index is 171. The van der Waals surface area contributed by atoms with Gasteiger partial charge < -0.3 is 14.8 Å². The highest BCUT2D eigenvalue weighted by Gasteiger charge is 2.26. The minimum Gasteiger partial charge on any atom is -0.379 e. The van der Waals surface area contributed by atoms with Crippen LogP contribution in [0.2, 0.25) is 0 Å². The van der Waals surface area contributed by atoms with Crippen LogP contribution in [0, 0.1) is 5.92 Å². The van der Waals surface area contributed by atoms with Crippen molar-refractivity contribution < 1.29 is 9.47 Å². The van der Waals surface area contributed by atoms with Crippen LogP contribution in [0.3, 0.4) is 0 Å². The van der Waals surface area contributed by atoms with Crippen LogP contribution in [-0.4, -0.2) is 39.0 Å². The van der Waals surface area contributed by atoms with E-state index in [1.807, 2.05) is 7.05 Å². The van der Waals surface area contributed by atoms with Gasteiger partial charge in [-0.25, -0.2) is 0 Å². The highest BCUT2D eigenvalue weighted by Crippen LogP contribution is 2.32. The number of rotatable bonds is 5. The molecule has 2 aliphatic rings. The molecular formula is C11H21NO2. The normalized spacial score (nSPS) is 33.2. The molecule has 2 rings (SSSR count). The predicted molar refractivity (Wildman–Crippen MR) is 55.4 cm³/mol. The van der Waals surface area contributed by atoms with Gasteiger partial charge in [0.25, 0.3) is 0 Å². The van der Waals surface area contributed by atoms with E-state index in [9.17, 15) is 0 Å². The van der Waals surface area contributed by atoms with Gasteiger partial charge >= 0.3 is 0 Å². The van der Waals surface area contributed by atoms with Crippen molar-refractivity contribution in [3.63, 3.8) is 0 Å². The molecule has 0 aromatic carbocycles. The molecular weight excluding hydrogens is 178 g/mol. The average Bonchev–Trinajstić information content (AvgIpc) is 3.03. The van der Waals surface area contributed by atoms with Crippen molar-refractivity contribution in [3.8, 4) is 0 Å². The second-order valence-electron chi connectivity index (χ2n) is 4.40. The van der Waals surface area contributed by atoms with Gasteiger partial charge in [0.2, 0.25) is 0 Å². The van der Waals surface area contributed by atoms with Gasteiger partial charge in [-0.3, -0.25) is 0 Å². The predicted octanol–water partition coefficient (Wildman–Crippen LogP) is 1.18. The van der Waals surface area contributed by atoms with Gasteiger partial charge in [0, 0.05) is 19.3 Å². The summed E-state index contributed by atoms with van der Waals surface area (Å²) in [4.78, 5) is 0. The number of nitrogens with one attached hydrogen (secondary N) is 1. The second kappa shape index (κ2) is 5.10. The first-order valence-corrected chi connectivity index (χ1v) is 5.76. The molecule has 0 aromatic heterocycles. The van der Waals surface area contributed by atoms with Gasteiger partial charge in [-0.15, -0.1) is 0 Å². The molecule has 0 spiro atoms. The molecule has 0 amide bonds. The van der Waals surface area contributed by atoms with Gasteiger partial charge in [0.1, 0.15) is 0 Å². The minimum atomic E-state index is 0.271. The Morgan fingerprint density at radius 2 is 2.21 bits per heavy atom. The molecule has 3 heteroatoms. The van der Waals surface area contributed by atoms with E-state index in [0.29, 0.717) is 6.04 Å². The first-order chi connectivity index (χ1) is 6.90. The lowest BCUT2D eigenvalue weighted by Crippen LogP contribution is -2.46. The maximum Gasteiger partial charge on any atom is 0.0961 e. The van der Waals surface area contributed by atoms with Gasteiger partial charge in [-0.2, -0.15) is 0 Å². The number of hydrogen-bond acceptors (Lipinski definition) is 3. The molecule has 1 aliphatic carbocycles. The summed E-state index contributed by atoms with van der Waals surface area (Å²) < 4.78 is 11.3. The van der Waals surface area contributed by atoms with E-state index in [1.54, 1.807) is 0 Å². The average molecular weight is 199 g/mol. The molecule has 1 heterocycles. The molecule has 0 aromatic rings. The van der Waals surface area contributed by atoms with Crippen molar-refractivity contribution in [1.82, 2.24) is 5.32 Å². The Hall–Kier alpha value is -0.120. The summed E-state index contributed by atoms with van der Waals surface area (Å²) in [5, 5.41) is 3.30. The summed E-state index contributed by atoms with van der Waals surface area (Å²) in [5.41, 5.74) is 0. The minimum absolute atomic E-state index is 0.271. The molecule has 14 heavy (non-hydrogen) atoms. The van der Waals surface area contributed by atoms with Crippen LogP contribution >= 0.6 is 0 Å². The summed E-state index contributed by atoms with van der Waals surface area (Å²) >= 11 is 0. The second-order valence-corrected chi connectivity index (χ2v) is 4.40. The van der Waals surface area contributed by atoms with Gasteiger partial charge in [-0.1, -0.05) is 12.8 Å². The van der Waals surface area contributed by atoms with E-state index < -0.39 is 0 Å². The Kier molecular flexibility index (Phi) is 3.79. The fourth-order valence-electron chi connectivity index (χ4n) is 2.00. The summed E-state index contributed by atoms with van der Waals surface area (Å²) in [7, 11) is 2.01. The monoisotopic (exact) mass is 199 g/mol. The molecule has 2 atom stereocenters. The van der Waals surface area contributed by atoms with Gasteiger partial charge in [0.15, 0.2) is 0 Å². The SMILES string of the molecule is CNC1CCOCC1OCCC1CC1. The molecule has 2 unspecified atom stereocenters. The maximum atomic E-state index is 5.85. The maximum absolute atomic E-state index is 5.85. The van der Waals surface area contributed by atoms with Crippen molar-refractivity contribution in [1.29, 1.82) is 0 Å². The van der Waals surface area contributed by atoms with Crippen LogP contribution in [0.15, 0.2) is 0 Å². The Balaban J connectivity index is 1.64. The number of hydrogen-bond donors (Lipinski definition) is 1. The van der Waals surface area contributed by atoms with Crippen molar-refractivity contribution in [2.24, 2.45) is 5.92 Å². The first-order valence-electron chi connectivity index (χ1n) is 5.76. The summed E-state index contributed by atoms with van der Waals surface area (Å²) in [6, 6.07) is 0.489. The van der Waals surface area contributed by atoms with Crippen LogP contribution < -0.4 is 5.32 Å². The van der Waals surface area contributed by atoms with Crippen molar-refractivity contribution >= 4 is 0 Å². The highest BCUT2D eigenvalue weighted by molar-refractivity contribution is 4.80. The quantitative estimate of drug-likeness (QED) is 0.721. The smallest absolute Gasteiger partial charge is 0.0961 e. The van der Waals surface area contributed by atoms with Gasteiger partial charge in [0.05, 0.1) is 12.7 Å². The van der Waals surface area contributed by atoms with E-state index in [-0.39, 0.29) is 6.10 Å².